The van der Waals surface area contributed by atoms with Crippen molar-refractivity contribution in [1.29, 1.82) is 0 Å². The number of halogens is 2. The van der Waals surface area contributed by atoms with Crippen LogP contribution in [0.5, 0.6) is 0 Å². The number of nitrogens with zero attached hydrogens (tertiary/aromatic N) is 2. The number of fused-ring (bicyclic) bond motifs is 1. The van der Waals surface area contributed by atoms with E-state index in [1.165, 1.54) is 30.9 Å². The molecule has 4 rings (SSSR count). The number of nitrogen functional groups attached to an aromatic ring is 1. The summed E-state index contributed by atoms with van der Waals surface area (Å²) in [6, 6.07) is 4.96. The van der Waals surface area contributed by atoms with Crippen LogP contribution < -0.4 is 5.73 Å². The van der Waals surface area contributed by atoms with Gasteiger partial charge in [-0.05, 0) is 24.3 Å². The third kappa shape index (κ3) is 3.30. The van der Waals surface area contributed by atoms with Crippen molar-refractivity contribution in [2.24, 2.45) is 0 Å². The number of anilines is 1. The molecule has 0 amide bonds. The minimum Gasteiger partial charge on any atom is -0.396 e. The number of pyridine rings is 2. The number of hydrogen-bond donors (Lipinski definition) is 2. The fraction of sp³-hybridized carbons (Fsp3) is 0.0500. The molecule has 0 atom stereocenters. The second kappa shape index (κ2) is 6.99. The minimum absolute atomic E-state index is 0.00465. The van der Waals surface area contributed by atoms with Crippen molar-refractivity contribution in [2.45, 2.75) is 4.90 Å². The molecule has 3 N–H and O–H groups in total. The fourth-order valence-electron chi connectivity index (χ4n) is 3.04. The van der Waals surface area contributed by atoms with Crippen LogP contribution in [0, 0.1) is 11.6 Å². The summed E-state index contributed by atoms with van der Waals surface area (Å²) in [5.41, 5.74) is 5.61. The molecule has 0 saturated carbocycles. The molecule has 0 bridgehead atoms. The largest absolute Gasteiger partial charge is 0.396 e. The maximum absolute atomic E-state index is 14.3. The monoisotopic (exact) mass is 428 g/mol. The molecule has 0 aliphatic heterocycles. The van der Waals surface area contributed by atoms with Crippen LogP contribution in [0.1, 0.15) is 15.9 Å². The topological polar surface area (TPSA) is 119 Å². The Kier molecular flexibility index (Phi) is 4.58. The number of sulfone groups is 1. The number of aromatic nitrogens is 3. The molecule has 10 heteroatoms. The molecule has 0 aliphatic rings. The number of benzene rings is 1. The molecule has 0 radical (unpaired) electrons. The van der Waals surface area contributed by atoms with Crippen LogP contribution in [0.2, 0.25) is 0 Å². The Morgan fingerprint density at radius 1 is 1.10 bits per heavy atom. The molecule has 7 nitrogen and oxygen atoms in total. The molecular formula is C20H14F2N4O3S. The number of rotatable bonds is 4. The van der Waals surface area contributed by atoms with Crippen molar-refractivity contribution in [1.82, 2.24) is 15.0 Å². The number of aromatic amines is 1. The van der Waals surface area contributed by atoms with Gasteiger partial charge in [0.2, 0.25) is 5.78 Å². The van der Waals surface area contributed by atoms with Gasteiger partial charge in [0.15, 0.2) is 15.7 Å². The lowest BCUT2D eigenvalue weighted by molar-refractivity contribution is 0.103. The molecule has 0 fully saturated rings. The van der Waals surface area contributed by atoms with Crippen LogP contribution in [0.15, 0.2) is 53.9 Å². The Bertz CT molecular complexity index is 1430. The van der Waals surface area contributed by atoms with Gasteiger partial charge in [-0.25, -0.2) is 22.2 Å². The summed E-state index contributed by atoms with van der Waals surface area (Å²) in [5.74, 6) is -3.07. The fourth-order valence-corrected chi connectivity index (χ4v) is 3.63. The van der Waals surface area contributed by atoms with Gasteiger partial charge in [0, 0.05) is 53.1 Å². The van der Waals surface area contributed by atoms with Crippen molar-refractivity contribution >= 4 is 32.3 Å². The van der Waals surface area contributed by atoms with E-state index in [1.807, 2.05) is 0 Å². The van der Waals surface area contributed by atoms with Gasteiger partial charge in [-0.3, -0.25) is 9.78 Å². The second-order valence-electron chi connectivity index (χ2n) is 6.66. The average Bonchev–Trinajstić information content (AvgIpc) is 3.13. The molecule has 0 saturated heterocycles. The van der Waals surface area contributed by atoms with Crippen molar-refractivity contribution < 1.29 is 22.0 Å². The number of ketones is 1. The Morgan fingerprint density at radius 2 is 1.83 bits per heavy atom. The standard InChI is InChI=1S/C20H14F2N4O3S/c1-30(28,29)12-4-10(6-24-8-12)11-5-13-14(9-26-20(13)25-7-11)19(27)17-15(21)2-3-16(23)18(17)22/h2-9H,23H2,1H3,(H,25,26). The highest BCUT2D eigenvalue weighted by molar-refractivity contribution is 7.90. The van der Waals surface area contributed by atoms with Gasteiger partial charge in [-0.15, -0.1) is 0 Å². The van der Waals surface area contributed by atoms with Crippen LogP contribution in [-0.2, 0) is 9.84 Å². The van der Waals surface area contributed by atoms with E-state index in [9.17, 15) is 22.0 Å². The highest BCUT2D eigenvalue weighted by Crippen LogP contribution is 2.29. The van der Waals surface area contributed by atoms with Crippen molar-refractivity contribution in [3.8, 4) is 11.1 Å². The molecule has 0 aliphatic carbocycles. The second-order valence-corrected chi connectivity index (χ2v) is 8.67. The quantitative estimate of drug-likeness (QED) is 0.381. The summed E-state index contributed by atoms with van der Waals surface area (Å²) >= 11 is 0. The van der Waals surface area contributed by atoms with E-state index in [0.717, 1.165) is 18.4 Å². The molecular weight excluding hydrogens is 414 g/mol. The van der Waals surface area contributed by atoms with E-state index in [1.54, 1.807) is 6.07 Å². The zero-order chi connectivity index (χ0) is 21.6. The van der Waals surface area contributed by atoms with Gasteiger partial charge in [-0.1, -0.05) is 0 Å². The van der Waals surface area contributed by atoms with Crippen LogP contribution in [0.25, 0.3) is 22.2 Å². The molecule has 1 aromatic carbocycles. The number of nitrogens with two attached hydrogens (primary N) is 1. The maximum Gasteiger partial charge on any atom is 0.201 e. The van der Waals surface area contributed by atoms with Crippen molar-refractivity contribution in [2.75, 3.05) is 12.0 Å². The first-order valence-electron chi connectivity index (χ1n) is 8.57. The lowest BCUT2D eigenvalue weighted by atomic mass is 10.00. The predicted molar refractivity (Wildman–Crippen MR) is 107 cm³/mol. The summed E-state index contributed by atoms with van der Waals surface area (Å²) in [4.78, 5) is 23.8. The lowest BCUT2D eigenvalue weighted by Crippen LogP contribution is -2.09. The van der Waals surface area contributed by atoms with E-state index in [0.29, 0.717) is 22.2 Å². The Balaban J connectivity index is 1.86. The van der Waals surface area contributed by atoms with Crippen molar-refractivity contribution in [3.05, 3.63) is 71.8 Å². The average molecular weight is 428 g/mol. The summed E-state index contributed by atoms with van der Waals surface area (Å²) in [7, 11) is -3.47. The van der Waals surface area contributed by atoms with Gasteiger partial charge in [0.25, 0.3) is 0 Å². The first-order valence-corrected chi connectivity index (χ1v) is 10.5. The molecule has 0 unspecified atom stereocenters. The Hall–Kier alpha value is -3.66. The molecule has 3 heterocycles. The first-order chi connectivity index (χ1) is 14.2. The van der Waals surface area contributed by atoms with Crippen LogP contribution in [0.3, 0.4) is 0 Å². The number of carbonyl (C=O) groups is 1. The lowest BCUT2D eigenvalue weighted by Gasteiger charge is -2.07. The van der Waals surface area contributed by atoms with E-state index in [-0.39, 0.29) is 16.1 Å². The highest BCUT2D eigenvalue weighted by Gasteiger charge is 2.24. The number of nitrogens with one attached hydrogen (secondary N) is 1. The summed E-state index contributed by atoms with van der Waals surface area (Å²) in [6.07, 6.45) is 6.51. The zero-order valence-electron chi connectivity index (χ0n) is 15.5. The molecule has 3 aromatic heterocycles. The third-order valence-electron chi connectivity index (χ3n) is 4.60. The summed E-state index contributed by atoms with van der Waals surface area (Å²) in [5, 5.41) is 0.309. The van der Waals surface area contributed by atoms with Gasteiger partial charge >= 0.3 is 0 Å². The molecule has 30 heavy (non-hydrogen) atoms. The van der Waals surface area contributed by atoms with Crippen LogP contribution >= 0.6 is 0 Å². The number of hydrogen-bond acceptors (Lipinski definition) is 6. The third-order valence-corrected chi connectivity index (χ3v) is 5.68. The van der Waals surface area contributed by atoms with E-state index < -0.39 is 32.8 Å². The summed E-state index contributed by atoms with van der Waals surface area (Å²) in [6.45, 7) is 0. The van der Waals surface area contributed by atoms with Gasteiger partial charge < -0.3 is 10.7 Å². The van der Waals surface area contributed by atoms with Gasteiger partial charge in [0.1, 0.15) is 11.5 Å². The molecule has 152 valence electrons. The summed E-state index contributed by atoms with van der Waals surface area (Å²) < 4.78 is 52.1. The van der Waals surface area contributed by atoms with E-state index in [4.69, 9.17) is 5.73 Å². The smallest absolute Gasteiger partial charge is 0.201 e. The van der Waals surface area contributed by atoms with Crippen LogP contribution in [0.4, 0.5) is 14.5 Å². The number of H-pyrrole nitrogens is 1. The molecule has 4 aromatic rings. The normalized spacial score (nSPS) is 11.7. The maximum atomic E-state index is 14.3. The number of carbonyl (C=O) groups excluding carboxylic acids is 1. The van der Waals surface area contributed by atoms with Gasteiger partial charge in [0.05, 0.1) is 16.1 Å². The van der Waals surface area contributed by atoms with E-state index in [2.05, 4.69) is 15.0 Å². The SMILES string of the molecule is CS(=O)(=O)c1cncc(-c2cnc3[nH]cc(C(=O)c4c(F)ccc(N)c4F)c3c2)c1. The van der Waals surface area contributed by atoms with Crippen molar-refractivity contribution in [3.63, 3.8) is 0 Å². The zero-order valence-corrected chi connectivity index (χ0v) is 16.3. The van der Waals surface area contributed by atoms with E-state index >= 15 is 0 Å². The highest BCUT2D eigenvalue weighted by atomic mass is 32.2. The van der Waals surface area contributed by atoms with Crippen LogP contribution in [-0.4, -0.2) is 35.4 Å². The Labute approximate surface area is 169 Å². The van der Waals surface area contributed by atoms with Gasteiger partial charge in [-0.2, -0.15) is 0 Å². The predicted octanol–water partition coefficient (Wildman–Crippen LogP) is 3.12. The minimum atomic E-state index is -3.47. The first kappa shape index (κ1) is 19.6. The Morgan fingerprint density at radius 3 is 2.57 bits per heavy atom. The molecule has 0 spiro atoms.